The van der Waals surface area contributed by atoms with E-state index in [9.17, 15) is 15.3 Å². The summed E-state index contributed by atoms with van der Waals surface area (Å²) >= 11 is 0. The molecular formula is C12H10O3. The van der Waals surface area contributed by atoms with E-state index in [1.54, 1.807) is 12.1 Å². The van der Waals surface area contributed by atoms with Gasteiger partial charge in [0.15, 0.2) is 0 Å². The smallest absolute Gasteiger partial charge is 0.131 e. The number of phenols is 3. The van der Waals surface area contributed by atoms with Crippen molar-refractivity contribution in [3.05, 3.63) is 36.4 Å². The van der Waals surface area contributed by atoms with Crippen molar-refractivity contribution in [1.29, 1.82) is 0 Å². The molecule has 0 spiro atoms. The highest BCUT2D eigenvalue weighted by molar-refractivity contribution is 5.99. The van der Waals surface area contributed by atoms with Gasteiger partial charge in [0.25, 0.3) is 0 Å². The third-order valence-corrected chi connectivity index (χ3v) is 2.34. The maximum atomic E-state index is 9.80. The molecule has 0 amide bonds. The summed E-state index contributed by atoms with van der Waals surface area (Å²) < 4.78 is 0. The maximum Gasteiger partial charge on any atom is 0.131 e. The van der Waals surface area contributed by atoms with Gasteiger partial charge in [-0.15, -0.1) is 0 Å². The Kier molecular flexibility index (Phi) is 2.01. The molecule has 0 aliphatic heterocycles. The lowest BCUT2D eigenvalue weighted by atomic mass is 10.0. The third kappa shape index (κ3) is 1.29. The van der Waals surface area contributed by atoms with Gasteiger partial charge < -0.3 is 15.3 Å². The van der Waals surface area contributed by atoms with E-state index < -0.39 is 0 Å². The summed E-state index contributed by atoms with van der Waals surface area (Å²) in [5.41, 5.74) is 0.436. The number of aromatic hydroxyl groups is 3. The number of benzene rings is 2. The summed E-state index contributed by atoms with van der Waals surface area (Å²) in [5, 5.41) is 29.7. The summed E-state index contributed by atoms with van der Waals surface area (Å²) in [6.45, 7) is 3.53. The molecule has 0 fully saturated rings. The van der Waals surface area contributed by atoms with Gasteiger partial charge in [0.1, 0.15) is 17.2 Å². The van der Waals surface area contributed by atoms with Gasteiger partial charge in [-0.25, -0.2) is 0 Å². The molecule has 3 heteroatoms. The van der Waals surface area contributed by atoms with Gasteiger partial charge in [0.2, 0.25) is 0 Å². The van der Waals surface area contributed by atoms with E-state index >= 15 is 0 Å². The fourth-order valence-electron chi connectivity index (χ4n) is 1.61. The van der Waals surface area contributed by atoms with Crippen LogP contribution in [0.2, 0.25) is 0 Å². The summed E-state index contributed by atoms with van der Waals surface area (Å²) in [6.07, 6.45) is 1.44. The average Bonchev–Trinajstić information content (AvgIpc) is 2.23. The maximum absolute atomic E-state index is 9.80. The molecule has 76 valence electrons. The molecule has 15 heavy (non-hydrogen) atoms. The lowest BCUT2D eigenvalue weighted by Gasteiger charge is -2.08. The van der Waals surface area contributed by atoms with Crippen molar-refractivity contribution in [3.8, 4) is 17.2 Å². The first-order valence-corrected chi connectivity index (χ1v) is 4.44. The average molecular weight is 202 g/mol. The van der Waals surface area contributed by atoms with Crippen LogP contribution in [0.4, 0.5) is 0 Å². The number of phenolic OH excluding ortho intramolecular Hbond substituents is 3. The summed E-state index contributed by atoms with van der Waals surface area (Å²) in [7, 11) is 0. The van der Waals surface area contributed by atoms with Crippen molar-refractivity contribution in [2.45, 2.75) is 0 Å². The van der Waals surface area contributed by atoms with Crippen LogP contribution in [0.5, 0.6) is 17.2 Å². The molecule has 3 nitrogen and oxygen atoms in total. The van der Waals surface area contributed by atoms with Crippen molar-refractivity contribution in [2.24, 2.45) is 0 Å². The second kappa shape index (κ2) is 3.20. The molecule has 2 aromatic carbocycles. The van der Waals surface area contributed by atoms with E-state index in [0.717, 1.165) is 0 Å². The normalized spacial score (nSPS) is 10.4. The van der Waals surface area contributed by atoms with Crippen molar-refractivity contribution < 1.29 is 15.3 Å². The van der Waals surface area contributed by atoms with Crippen LogP contribution in [0.1, 0.15) is 5.56 Å². The van der Waals surface area contributed by atoms with Crippen molar-refractivity contribution in [2.75, 3.05) is 0 Å². The van der Waals surface area contributed by atoms with Gasteiger partial charge in [-0.3, -0.25) is 0 Å². The van der Waals surface area contributed by atoms with Gasteiger partial charge in [0, 0.05) is 10.9 Å². The molecule has 0 saturated carbocycles. The Morgan fingerprint density at radius 2 is 1.80 bits per heavy atom. The molecule has 0 radical (unpaired) electrons. The first-order chi connectivity index (χ1) is 7.15. The van der Waals surface area contributed by atoms with E-state index in [0.29, 0.717) is 10.9 Å². The number of rotatable bonds is 1. The zero-order chi connectivity index (χ0) is 11.0. The molecule has 2 rings (SSSR count). The van der Waals surface area contributed by atoms with Gasteiger partial charge in [-0.2, -0.15) is 0 Å². The standard InChI is InChI=1S/C12H10O3/c1-2-7-6-10(14)11-8(12(7)15)4-3-5-9(11)13/h2-6,13-15H,1H2. The highest BCUT2D eigenvalue weighted by atomic mass is 16.3. The monoisotopic (exact) mass is 202 g/mol. The van der Waals surface area contributed by atoms with Crippen LogP contribution >= 0.6 is 0 Å². The molecule has 0 aliphatic rings. The van der Waals surface area contributed by atoms with Crippen LogP contribution in [-0.2, 0) is 0 Å². The minimum Gasteiger partial charge on any atom is -0.507 e. The Morgan fingerprint density at radius 1 is 1.07 bits per heavy atom. The zero-order valence-electron chi connectivity index (χ0n) is 7.94. The topological polar surface area (TPSA) is 60.7 Å². The highest BCUT2D eigenvalue weighted by Crippen LogP contribution is 2.40. The van der Waals surface area contributed by atoms with E-state index in [1.165, 1.54) is 18.2 Å². The zero-order valence-corrected chi connectivity index (χ0v) is 7.94. The Labute approximate surface area is 86.5 Å². The molecule has 0 saturated heterocycles. The molecule has 0 bridgehead atoms. The van der Waals surface area contributed by atoms with Gasteiger partial charge in [-0.05, 0) is 12.1 Å². The van der Waals surface area contributed by atoms with Crippen LogP contribution in [0.3, 0.4) is 0 Å². The number of fused-ring (bicyclic) bond motifs is 1. The molecule has 0 aromatic heterocycles. The molecule has 0 heterocycles. The molecule has 0 unspecified atom stereocenters. The largest absolute Gasteiger partial charge is 0.507 e. The minimum atomic E-state index is -0.0733. The minimum absolute atomic E-state index is 0.00806. The van der Waals surface area contributed by atoms with E-state index in [2.05, 4.69) is 6.58 Å². The first kappa shape index (κ1) is 9.40. The van der Waals surface area contributed by atoms with Crippen LogP contribution in [0.25, 0.3) is 16.8 Å². The van der Waals surface area contributed by atoms with Crippen molar-refractivity contribution in [3.63, 3.8) is 0 Å². The van der Waals surface area contributed by atoms with E-state index in [-0.39, 0.29) is 22.6 Å². The van der Waals surface area contributed by atoms with Gasteiger partial charge >= 0.3 is 0 Å². The first-order valence-electron chi connectivity index (χ1n) is 4.44. The van der Waals surface area contributed by atoms with Crippen LogP contribution in [-0.4, -0.2) is 15.3 Å². The summed E-state index contributed by atoms with van der Waals surface area (Å²) in [5.74, 6) is -0.125. The SMILES string of the molecule is C=Cc1cc(O)c2c(O)cccc2c1O. The Hall–Kier alpha value is -2.16. The van der Waals surface area contributed by atoms with Gasteiger partial charge in [0.05, 0.1) is 5.39 Å². The number of hydrogen-bond donors (Lipinski definition) is 3. The van der Waals surface area contributed by atoms with E-state index in [4.69, 9.17) is 0 Å². The Bertz CT molecular complexity index is 544. The van der Waals surface area contributed by atoms with Crippen LogP contribution in [0, 0.1) is 0 Å². The quantitative estimate of drug-likeness (QED) is 0.623. The predicted molar refractivity (Wildman–Crippen MR) is 59.0 cm³/mol. The highest BCUT2D eigenvalue weighted by Gasteiger charge is 2.11. The van der Waals surface area contributed by atoms with Crippen molar-refractivity contribution >= 4 is 16.8 Å². The van der Waals surface area contributed by atoms with Gasteiger partial charge in [-0.1, -0.05) is 24.8 Å². The predicted octanol–water partition coefficient (Wildman–Crippen LogP) is 2.60. The van der Waals surface area contributed by atoms with E-state index in [1.807, 2.05) is 0 Å². The lowest BCUT2D eigenvalue weighted by molar-refractivity contribution is 0.457. The number of hydrogen-bond acceptors (Lipinski definition) is 3. The third-order valence-electron chi connectivity index (χ3n) is 2.34. The molecule has 2 aromatic rings. The van der Waals surface area contributed by atoms with Crippen LogP contribution < -0.4 is 0 Å². The summed E-state index contributed by atoms with van der Waals surface area (Å²) in [6, 6.07) is 6.04. The fourth-order valence-corrected chi connectivity index (χ4v) is 1.61. The molecule has 0 aliphatic carbocycles. The molecular weight excluding hydrogens is 192 g/mol. The van der Waals surface area contributed by atoms with Crippen molar-refractivity contribution in [1.82, 2.24) is 0 Å². The molecule has 3 N–H and O–H groups in total. The Morgan fingerprint density at radius 3 is 2.47 bits per heavy atom. The second-order valence-corrected chi connectivity index (χ2v) is 3.24. The second-order valence-electron chi connectivity index (χ2n) is 3.24. The lowest BCUT2D eigenvalue weighted by Crippen LogP contribution is -1.81. The fraction of sp³-hybridized carbons (Fsp3) is 0. The summed E-state index contributed by atoms with van der Waals surface area (Å²) in [4.78, 5) is 0. The molecule has 0 atom stereocenters. The Balaban J connectivity index is 2.99. The van der Waals surface area contributed by atoms with Crippen LogP contribution in [0.15, 0.2) is 30.8 Å².